The van der Waals surface area contributed by atoms with Crippen molar-refractivity contribution in [2.24, 2.45) is 11.8 Å². The lowest BCUT2D eigenvalue weighted by Crippen LogP contribution is -2.26. The molecule has 1 heterocycles. The van der Waals surface area contributed by atoms with Crippen LogP contribution in [0.2, 0.25) is 13.1 Å². The van der Waals surface area contributed by atoms with Crippen molar-refractivity contribution in [1.82, 2.24) is 0 Å². The summed E-state index contributed by atoms with van der Waals surface area (Å²) in [6.45, 7) is 3.47. The van der Waals surface area contributed by atoms with Gasteiger partial charge in [0.2, 0.25) is 0 Å². The molecule has 1 nitrogen and oxygen atoms in total. The Labute approximate surface area is 147 Å². The maximum absolute atomic E-state index is 5.92. The molecule has 124 valence electrons. The third kappa shape index (κ3) is 3.32. The van der Waals surface area contributed by atoms with Gasteiger partial charge in [-0.2, -0.15) is 0 Å². The summed E-state index contributed by atoms with van der Waals surface area (Å²) in [5.74, 6) is 1.70. The van der Waals surface area contributed by atoms with E-state index in [4.69, 9.17) is 4.74 Å². The Morgan fingerprint density at radius 3 is 2.17 bits per heavy atom. The fourth-order valence-corrected chi connectivity index (χ4v) is 7.55. The van der Waals surface area contributed by atoms with Crippen molar-refractivity contribution in [1.29, 1.82) is 0 Å². The van der Waals surface area contributed by atoms with Crippen LogP contribution in [-0.2, 0) is 4.74 Å². The molecule has 2 fully saturated rings. The van der Waals surface area contributed by atoms with Crippen molar-refractivity contribution < 1.29 is 4.74 Å². The van der Waals surface area contributed by atoms with E-state index in [-0.39, 0.29) is 7.80 Å². The monoisotopic (exact) mass is 336 g/mol. The Balaban J connectivity index is 1.57. The maximum Gasteiger partial charge on any atom is 0.179 e. The lowest BCUT2D eigenvalue weighted by molar-refractivity contribution is 0.100. The second kappa shape index (κ2) is 7.42. The van der Waals surface area contributed by atoms with E-state index in [1.807, 2.05) is 0 Å². The van der Waals surface area contributed by atoms with Gasteiger partial charge in [-0.1, -0.05) is 81.6 Å². The van der Waals surface area contributed by atoms with Gasteiger partial charge in [0.05, 0.1) is 6.10 Å². The molecule has 0 unspecified atom stereocenters. The molecule has 1 saturated carbocycles. The van der Waals surface area contributed by atoms with Crippen molar-refractivity contribution >= 4 is 24.8 Å². The molecule has 1 saturated heterocycles. The second-order valence-electron chi connectivity index (χ2n) is 7.33. The van der Waals surface area contributed by atoms with Crippen LogP contribution >= 0.6 is 7.80 Å². The summed E-state index contributed by atoms with van der Waals surface area (Å²) in [5.41, 5.74) is 0. The predicted octanol–water partition coefficient (Wildman–Crippen LogP) is 4.56. The second-order valence-corrected chi connectivity index (χ2v) is 9.98. The highest BCUT2D eigenvalue weighted by Crippen LogP contribution is 2.47. The van der Waals surface area contributed by atoms with E-state index >= 15 is 0 Å². The number of fused-ring (bicyclic) bond motifs is 1. The van der Waals surface area contributed by atoms with Gasteiger partial charge >= 0.3 is 0 Å². The van der Waals surface area contributed by atoms with E-state index in [2.05, 4.69) is 67.5 Å². The molecule has 2 aromatic carbocycles. The largest absolute Gasteiger partial charge is 0.378 e. The average molecular weight is 336 g/mol. The van der Waals surface area contributed by atoms with Gasteiger partial charge in [-0.15, -0.1) is 0 Å². The maximum atomic E-state index is 5.92. The standard InChI is InChI=1S/C21H26BOP/c1-22(16-17-12-13-21-20(17)14-15-23-21)24(18-8-4-2-5-9-18)19-10-6-3-7-11-19/h2-11,17,20-21H,12-16H2,1H3/t17-,20-,21+/m0/s1. The predicted molar refractivity (Wildman–Crippen MR) is 106 cm³/mol. The molecule has 3 heteroatoms. The zero-order chi connectivity index (χ0) is 16.4. The Kier molecular flexibility index (Phi) is 5.06. The topological polar surface area (TPSA) is 9.23 Å². The smallest absolute Gasteiger partial charge is 0.179 e. The number of rotatable bonds is 5. The van der Waals surface area contributed by atoms with E-state index in [1.54, 1.807) is 0 Å². The summed E-state index contributed by atoms with van der Waals surface area (Å²) in [7, 11) is -0.287. The Morgan fingerprint density at radius 2 is 1.54 bits per heavy atom. The number of hydrogen-bond donors (Lipinski definition) is 0. The summed E-state index contributed by atoms with van der Waals surface area (Å²) in [6.07, 6.45) is 6.58. The molecule has 2 aliphatic rings. The summed E-state index contributed by atoms with van der Waals surface area (Å²) in [4.78, 5) is 0. The molecular formula is C21H26BOP. The van der Waals surface area contributed by atoms with E-state index < -0.39 is 0 Å². The molecule has 0 amide bonds. The summed E-state index contributed by atoms with van der Waals surface area (Å²) in [5, 5.41) is 3.03. The molecule has 0 radical (unpaired) electrons. The minimum Gasteiger partial charge on any atom is -0.378 e. The van der Waals surface area contributed by atoms with Crippen molar-refractivity contribution in [2.75, 3.05) is 6.61 Å². The highest BCUT2D eigenvalue weighted by Gasteiger charge is 2.41. The summed E-state index contributed by atoms with van der Waals surface area (Å²) in [6, 6.07) is 22.3. The molecule has 1 aliphatic carbocycles. The van der Waals surface area contributed by atoms with Crippen LogP contribution in [0.15, 0.2) is 60.7 Å². The molecule has 0 bridgehead atoms. The Hall–Kier alpha value is -1.11. The zero-order valence-corrected chi connectivity index (χ0v) is 15.4. The van der Waals surface area contributed by atoms with Gasteiger partial charge in [-0.25, -0.2) is 0 Å². The van der Waals surface area contributed by atoms with Gasteiger partial charge in [0, 0.05) is 6.61 Å². The molecule has 0 aromatic heterocycles. The molecule has 1 aliphatic heterocycles. The molecule has 4 rings (SSSR count). The van der Waals surface area contributed by atoms with E-state index in [0.717, 1.165) is 18.4 Å². The molecular weight excluding hydrogens is 310 g/mol. The number of hydrogen-bond acceptors (Lipinski definition) is 1. The third-order valence-corrected chi connectivity index (χ3v) is 8.64. The fourth-order valence-electron chi connectivity index (χ4n) is 4.77. The molecule has 2 aromatic rings. The van der Waals surface area contributed by atoms with Crippen LogP contribution in [0.4, 0.5) is 0 Å². The van der Waals surface area contributed by atoms with Crippen LogP contribution in [-0.4, -0.2) is 19.1 Å². The highest BCUT2D eigenvalue weighted by molar-refractivity contribution is 8.00. The van der Waals surface area contributed by atoms with Crippen LogP contribution in [0, 0.1) is 11.8 Å². The van der Waals surface area contributed by atoms with Gasteiger partial charge in [-0.3, -0.25) is 0 Å². The Morgan fingerprint density at radius 1 is 0.917 bits per heavy atom. The van der Waals surface area contributed by atoms with Gasteiger partial charge in [0.1, 0.15) is 0 Å². The first-order valence-corrected chi connectivity index (χ1v) is 10.7. The lowest BCUT2D eigenvalue weighted by Gasteiger charge is -2.27. The first-order valence-electron chi connectivity index (χ1n) is 9.34. The normalized spacial score (nSPS) is 25.8. The van der Waals surface area contributed by atoms with E-state index in [0.29, 0.717) is 12.5 Å². The number of ether oxygens (including phenoxy) is 1. The van der Waals surface area contributed by atoms with Gasteiger partial charge in [0.15, 0.2) is 6.43 Å². The highest BCUT2D eigenvalue weighted by atomic mass is 31.1. The zero-order valence-electron chi connectivity index (χ0n) is 14.5. The van der Waals surface area contributed by atoms with Gasteiger partial charge in [0.25, 0.3) is 0 Å². The van der Waals surface area contributed by atoms with Gasteiger partial charge < -0.3 is 4.74 Å². The van der Waals surface area contributed by atoms with Crippen molar-refractivity contribution in [3.8, 4) is 0 Å². The SMILES string of the molecule is CB(C[C@@H]1CC[C@H]2OCC[C@@H]12)P(c1ccccc1)c1ccccc1. The van der Waals surface area contributed by atoms with Crippen molar-refractivity contribution in [2.45, 2.75) is 38.5 Å². The molecule has 3 atom stereocenters. The molecule has 0 N–H and O–H groups in total. The minimum atomic E-state index is -0.287. The quantitative estimate of drug-likeness (QED) is 0.575. The molecule has 24 heavy (non-hydrogen) atoms. The Bertz CT molecular complexity index is 608. The van der Waals surface area contributed by atoms with Crippen molar-refractivity contribution in [3.63, 3.8) is 0 Å². The van der Waals surface area contributed by atoms with E-state index in [1.165, 1.54) is 36.2 Å². The van der Waals surface area contributed by atoms with Crippen LogP contribution < -0.4 is 10.6 Å². The first-order chi connectivity index (χ1) is 11.8. The van der Waals surface area contributed by atoms with Crippen LogP contribution in [0.25, 0.3) is 0 Å². The van der Waals surface area contributed by atoms with Crippen LogP contribution in [0.1, 0.15) is 19.3 Å². The number of benzene rings is 2. The first kappa shape index (κ1) is 16.4. The van der Waals surface area contributed by atoms with E-state index in [9.17, 15) is 0 Å². The van der Waals surface area contributed by atoms with Crippen molar-refractivity contribution in [3.05, 3.63) is 60.7 Å². The lowest BCUT2D eigenvalue weighted by atomic mass is 9.67. The van der Waals surface area contributed by atoms with Crippen LogP contribution in [0.5, 0.6) is 0 Å². The minimum absolute atomic E-state index is 0.287. The van der Waals surface area contributed by atoms with Gasteiger partial charge in [-0.05, 0) is 41.7 Å². The van der Waals surface area contributed by atoms with Crippen LogP contribution in [0.3, 0.4) is 0 Å². The third-order valence-electron chi connectivity index (χ3n) is 5.84. The fraction of sp³-hybridized carbons (Fsp3) is 0.429. The molecule has 0 spiro atoms. The average Bonchev–Trinajstić information content (AvgIpc) is 3.22. The summed E-state index contributed by atoms with van der Waals surface area (Å²) >= 11 is 0. The summed E-state index contributed by atoms with van der Waals surface area (Å²) < 4.78 is 5.92.